The number of hydrogen-bond acceptors (Lipinski definition) is 1. The Bertz CT molecular complexity index is 364. The second-order valence-electron chi connectivity index (χ2n) is 5.16. The minimum Gasteiger partial charge on any atom is -0.314 e. The summed E-state index contributed by atoms with van der Waals surface area (Å²) in [6.07, 6.45) is 3.33. The highest BCUT2D eigenvalue weighted by Gasteiger charge is 2.32. The van der Waals surface area contributed by atoms with Crippen molar-refractivity contribution in [3.05, 3.63) is 35.6 Å². The first-order chi connectivity index (χ1) is 8.22. The normalized spacial score (nSPS) is 28.5. The van der Waals surface area contributed by atoms with Crippen LogP contribution in [0.4, 0.5) is 4.39 Å². The molecule has 3 atom stereocenters. The maximum Gasteiger partial charge on any atom is 0.126 e. The van der Waals surface area contributed by atoms with Gasteiger partial charge in [-0.1, -0.05) is 32.0 Å². The molecule has 1 nitrogen and oxygen atoms in total. The van der Waals surface area contributed by atoms with Gasteiger partial charge in [-0.3, -0.25) is 0 Å². The van der Waals surface area contributed by atoms with Gasteiger partial charge in [0.15, 0.2) is 0 Å². The van der Waals surface area contributed by atoms with Crippen LogP contribution in [0.2, 0.25) is 0 Å². The Morgan fingerprint density at radius 2 is 2.06 bits per heavy atom. The van der Waals surface area contributed by atoms with Crippen molar-refractivity contribution in [2.45, 2.75) is 39.2 Å². The van der Waals surface area contributed by atoms with Crippen molar-refractivity contribution in [3.8, 4) is 0 Å². The Balaban J connectivity index is 1.99. The molecule has 1 aliphatic rings. The third kappa shape index (κ3) is 2.86. The highest BCUT2D eigenvalue weighted by molar-refractivity contribution is 5.18. The van der Waals surface area contributed by atoms with Gasteiger partial charge in [-0.05, 0) is 49.3 Å². The monoisotopic (exact) mass is 235 g/mol. The summed E-state index contributed by atoms with van der Waals surface area (Å²) in [6, 6.07) is 7.80. The molecule has 2 rings (SSSR count). The molecule has 0 aliphatic heterocycles. The molecule has 0 bridgehead atoms. The first-order valence-corrected chi connectivity index (χ1v) is 6.69. The summed E-state index contributed by atoms with van der Waals surface area (Å²) in [4.78, 5) is 0. The van der Waals surface area contributed by atoms with E-state index in [1.54, 1.807) is 12.1 Å². The van der Waals surface area contributed by atoms with E-state index in [0.717, 1.165) is 18.5 Å². The molecular formula is C15H22FN. The highest BCUT2D eigenvalue weighted by atomic mass is 19.1. The second-order valence-corrected chi connectivity index (χ2v) is 5.16. The number of benzene rings is 1. The summed E-state index contributed by atoms with van der Waals surface area (Å²) in [5, 5.41) is 3.53. The molecule has 94 valence electrons. The van der Waals surface area contributed by atoms with Crippen LogP contribution in [0, 0.1) is 17.7 Å². The summed E-state index contributed by atoms with van der Waals surface area (Å²) in [6.45, 7) is 5.48. The lowest BCUT2D eigenvalue weighted by molar-refractivity contribution is 0.352. The van der Waals surface area contributed by atoms with E-state index in [1.165, 1.54) is 12.8 Å². The van der Waals surface area contributed by atoms with Crippen molar-refractivity contribution in [3.63, 3.8) is 0 Å². The Morgan fingerprint density at radius 3 is 2.76 bits per heavy atom. The van der Waals surface area contributed by atoms with Crippen LogP contribution in [0.25, 0.3) is 0 Å². The molecule has 1 N–H and O–H groups in total. The summed E-state index contributed by atoms with van der Waals surface area (Å²) in [5.74, 6) is 1.22. The van der Waals surface area contributed by atoms with Crippen LogP contribution >= 0.6 is 0 Å². The fourth-order valence-electron chi connectivity index (χ4n) is 3.03. The molecule has 17 heavy (non-hydrogen) atoms. The van der Waals surface area contributed by atoms with Gasteiger partial charge >= 0.3 is 0 Å². The van der Waals surface area contributed by atoms with Crippen LogP contribution < -0.4 is 5.32 Å². The first-order valence-electron chi connectivity index (χ1n) is 6.69. The lowest BCUT2D eigenvalue weighted by atomic mass is 9.89. The van der Waals surface area contributed by atoms with E-state index in [9.17, 15) is 4.39 Å². The van der Waals surface area contributed by atoms with Gasteiger partial charge in [-0.25, -0.2) is 4.39 Å². The fourth-order valence-corrected chi connectivity index (χ4v) is 3.03. The first kappa shape index (κ1) is 12.6. The molecule has 0 spiro atoms. The molecule has 2 heteroatoms. The predicted molar refractivity (Wildman–Crippen MR) is 69.5 cm³/mol. The van der Waals surface area contributed by atoms with Gasteiger partial charge in [-0.2, -0.15) is 0 Å². The quantitative estimate of drug-likeness (QED) is 0.843. The Kier molecular flexibility index (Phi) is 4.16. The number of hydrogen-bond donors (Lipinski definition) is 1. The minimum atomic E-state index is -0.0494. The molecule has 0 aromatic heterocycles. The van der Waals surface area contributed by atoms with Crippen LogP contribution in [-0.2, 0) is 6.42 Å². The van der Waals surface area contributed by atoms with Crippen molar-refractivity contribution in [1.29, 1.82) is 0 Å². The zero-order chi connectivity index (χ0) is 12.3. The van der Waals surface area contributed by atoms with Crippen molar-refractivity contribution in [1.82, 2.24) is 5.32 Å². The van der Waals surface area contributed by atoms with Crippen LogP contribution in [0.3, 0.4) is 0 Å². The van der Waals surface area contributed by atoms with Gasteiger partial charge < -0.3 is 5.32 Å². The van der Waals surface area contributed by atoms with E-state index < -0.39 is 0 Å². The average Bonchev–Trinajstić information content (AvgIpc) is 2.65. The van der Waals surface area contributed by atoms with Gasteiger partial charge in [0.25, 0.3) is 0 Å². The Morgan fingerprint density at radius 1 is 1.29 bits per heavy atom. The van der Waals surface area contributed by atoms with Crippen LogP contribution in [0.1, 0.15) is 32.3 Å². The van der Waals surface area contributed by atoms with E-state index in [0.29, 0.717) is 17.9 Å². The SMILES string of the molecule is CCNC1CCC(Cc2ccccc2F)C1C. The average molecular weight is 235 g/mol. The zero-order valence-corrected chi connectivity index (χ0v) is 10.7. The number of rotatable bonds is 4. The van der Waals surface area contributed by atoms with Crippen molar-refractivity contribution < 1.29 is 4.39 Å². The van der Waals surface area contributed by atoms with Crippen molar-refractivity contribution >= 4 is 0 Å². The lowest BCUT2D eigenvalue weighted by Gasteiger charge is -2.21. The lowest BCUT2D eigenvalue weighted by Crippen LogP contribution is -2.32. The molecular weight excluding hydrogens is 213 g/mol. The summed E-state index contributed by atoms with van der Waals surface area (Å²) in [7, 11) is 0. The molecule has 1 aromatic rings. The summed E-state index contributed by atoms with van der Waals surface area (Å²) < 4.78 is 13.6. The Hall–Kier alpha value is -0.890. The highest BCUT2D eigenvalue weighted by Crippen LogP contribution is 2.34. The van der Waals surface area contributed by atoms with E-state index in [4.69, 9.17) is 0 Å². The Labute approximate surface area is 103 Å². The molecule has 0 radical (unpaired) electrons. The standard InChI is InChI=1S/C15H22FN/c1-3-17-15-9-8-12(11(15)2)10-13-6-4-5-7-14(13)16/h4-7,11-12,15,17H,3,8-10H2,1-2H3. The maximum atomic E-state index is 13.6. The van der Waals surface area contributed by atoms with E-state index in [2.05, 4.69) is 19.2 Å². The summed E-state index contributed by atoms with van der Waals surface area (Å²) in [5.41, 5.74) is 0.876. The summed E-state index contributed by atoms with van der Waals surface area (Å²) >= 11 is 0. The molecule has 3 unspecified atom stereocenters. The molecule has 0 saturated heterocycles. The van der Waals surface area contributed by atoms with Gasteiger partial charge in [-0.15, -0.1) is 0 Å². The van der Waals surface area contributed by atoms with Crippen LogP contribution in [0.5, 0.6) is 0 Å². The zero-order valence-electron chi connectivity index (χ0n) is 10.7. The largest absolute Gasteiger partial charge is 0.314 e. The minimum absolute atomic E-state index is 0.0494. The molecule has 0 heterocycles. The van der Waals surface area contributed by atoms with E-state index in [1.807, 2.05) is 12.1 Å². The number of halogens is 1. The van der Waals surface area contributed by atoms with Crippen molar-refractivity contribution in [2.24, 2.45) is 11.8 Å². The molecule has 1 aliphatic carbocycles. The number of nitrogens with one attached hydrogen (secondary N) is 1. The van der Waals surface area contributed by atoms with Gasteiger partial charge in [0, 0.05) is 6.04 Å². The second kappa shape index (κ2) is 5.63. The van der Waals surface area contributed by atoms with Crippen molar-refractivity contribution in [2.75, 3.05) is 6.54 Å². The molecule has 1 saturated carbocycles. The van der Waals surface area contributed by atoms with Gasteiger partial charge in [0.1, 0.15) is 5.82 Å². The van der Waals surface area contributed by atoms with Crippen LogP contribution in [0.15, 0.2) is 24.3 Å². The van der Waals surface area contributed by atoms with E-state index >= 15 is 0 Å². The van der Waals surface area contributed by atoms with Gasteiger partial charge in [0.05, 0.1) is 0 Å². The van der Waals surface area contributed by atoms with E-state index in [-0.39, 0.29) is 5.82 Å². The maximum absolute atomic E-state index is 13.6. The third-order valence-electron chi connectivity index (χ3n) is 4.13. The topological polar surface area (TPSA) is 12.0 Å². The van der Waals surface area contributed by atoms with Crippen LogP contribution in [-0.4, -0.2) is 12.6 Å². The van der Waals surface area contributed by atoms with Gasteiger partial charge in [0.2, 0.25) is 0 Å². The molecule has 1 aromatic carbocycles. The predicted octanol–water partition coefficient (Wildman–Crippen LogP) is 3.39. The smallest absolute Gasteiger partial charge is 0.126 e. The third-order valence-corrected chi connectivity index (χ3v) is 4.13. The molecule has 1 fully saturated rings. The molecule has 0 amide bonds. The fraction of sp³-hybridized carbons (Fsp3) is 0.600.